The Morgan fingerprint density at radius 2 is 1.82 bits per heavy atom. The Labute approximate surface area is 199 Å². The molecule has 5 rings (SSSR count). The topological polar surface area (TPSA) is 68.9 Å². The van der Waals surface area contributed by atoms with Crippen molar-refractivity contribution in [3.05, 3.63) is 88.5 Å². The molecule has 0 N–H and O–H groups in total. The number of fused-ring (bicyclic) bond motifs is 2. The molecule has 2 aliphatic heterocycles. The number of aliphatic imine (C=N–C) groups is 1. The molecule has 6 heteroatoms. The molecule has 1 atom stereocenters. The second-order valence-electron chi connectivity index (χ2n) is 8.99. The summed E-state index contributed by atoms with van der Waals surface area (Å²) < 4.78 is 6.29. The second kappa shape index (κ2) is 8.68. The number of rotatable bonds is 1. The van der Waals surface area contributed by atoms with E-state index in [0.29, 0.717) is 30.8 Å². The minimum absolute atomic E-state index is 0.0235. The highest BCUT2D eigenvalue weighted by Gasteiger charge is 2.32. The number of amidine groups is 1. The van der Waals surface area contributed by atoms with E-state index in [1.807, 2.05) is 42.2 Å². The number of amides is 1. The molecule has 0 spiro atoms. The van der Waals surface area contributed by atoms with Crippen LogP contribution in [0.5, 0.6) is 11.5 Å². The minimum atomic E-state index is -0.0487. The van der Waals surface area contributed by atoms with E-state index >= 15 is 0 Å². The minimum Gasteiger partial charge on any atom is -0.454 e. The van der Waals surface area contributed by atoms with E-state index in [1.165, 1.54) is 0 Å². The molecule has 3 aromatic carbocycles. The highest BCUT2D eigenvalue weighted by molar-refractivity contribution is 6.04. The van der Waals surface area contributed by atoms with Gasteiger partial charge in [0.25, 0.3) is 5.91 Å². The van der Waals surface area contributed by atoms with Crippen molar-refractivity contribution in [1.29, 1.82) is 5.26 Å². The van der Waals surface area contributed by atoms with E-state index < -0.39 is 0 Å². The monoisotopic (exact) mass is 450 g/mol. The van der Waals surface area contributed by atoms with Gasteiger partial charge in [0, 0.05) is 31.2 Å². The van der Waals surface area contributed by atoms with E-state index in [9.17, 15) is 10.1 Å². The summed E-state index contributed by atoms with van der Waals surface area (Å²) in [6.07, 6.45) is 0. The van der Waals surface area contributed by atoms with Gasteiger partial charge < -0.3 is 14.5 Å². The fraction of sp³-hybridized carbons (Fsp3) is 0.250. The zero-order valence-electron chi connectivity index (χ0n) is 19.6. The zero-order valence-corrected chi connectivity index (χ0v) is 19.6. The van der Waals surface area contributed by atoms with Gasteiger partial charge in [0.1, 0.15) is 17.3 Å². The maximum atomic E-state index is 13.2. The molecule has 0 aromatic heterocycles. The largest absolute Gasteiger partial charge is 0.454 e. The molecule has 1 saturated heterocycles. The molecular formula is C28H26N4O2. The molecule has 0 radical (unpaired) electrons. The lowest BCUT2D eigenvalue weighted by atomic mass is 10.1. The highest BCUT2D eigenvalue weighted by atomic mass is 16.5. The number of carbonyl (C=O) groups is 1. The summed E-state index contributed by atoms with van der Waals surface area (Å²) in [5.74, 6) is 2.35. The second-order valence-corrected chi connectivity index (χ2v) is 8.99. The molecule has 2 heterocycles. The van der Waals surface area contributed by atoms with Gasteiger partial charge in [0.2, 0.25) is 0 Å². The molecule has 0 saturated carbocycles. The van der Waals surface area contributed by atoms with Gasteiger partial charge in [-0.1, -0.05) is 23.8 Å². The number of hydrogen-bond acceptors (Lipinski definition) is 5. The number of nitriles is 1. The summed E-state index contributed by atoms with van der Waals surface area (Å²) in [7, 11) is 0. The van der Waals surface area contributed by atoms with Crippen LogP contribution in [0.25, 0.3) is 0 Å². The molecule has 2 aliphatic rings. The Balaban J connectivity index is 1.46. The quantitative estimate of drug-likeness (QED) is 0.511. The fourth-order valence-electron chi connectivity index (χ4n) is 4.58. The number of benzene rings is 3. The van der Waals surface area contributed by atoms with Crippen LogP contribution >= 0.6 is 0 Å². The third-order valence-corrected chi connectivity index (χ3v) is 6.36. The maximum absolute atomic E-state index is 13.2. The SMILES string of the molecule is Cc1ccc2c(c1)Oc1ccc(C)cc1C(N1CCN(C(=O)c3cccc(C#N)c3)[C@H](C)C1)=N2. The van der Waals surface area contributed by atoms with Crippen molar-refractivity contribution in [3.63, 3.8) is 0 Å². The van der Waals surface area contributed by atoms with Gasteiger partial charge in [-0.25, -0.2) is 4.99 Å². The summed E-state index contributed by atoms with van der Waals surface area (Å²) in [4.78, 5) is 22.4. The lowest BCUT2D eigenvalue weighted by Crippen LogP contribution is -2.55. The maximum Gasteiger partial charge on any atom is 0.254 e. The first kappa shape index (κ1) is 21.7. The first-order valence-electron chi connectivity index (χ1n) is 11.5. The molecule has 0 bridgehead atoms. The van der Waals surface area contributed by atoms with Crippen LogP contribution in [0, 0.1) is 25.2 Å². The van der Waals surface area contributed by atoms with Crippen LogP contribution in [-0.4, -0.2) is 47.2 Å². The average Bonchev–Trinajstić information content (AvgIpc) is 2.99. The number of aryl methyl sites for hydroxylation is 2. The van der Waals surface area contributed by atoms with Crippen molar-refractivity contribution in [2.24, 2.45) is 4.99 Å². The molecule has 34 heavy (non-hydrogen) atoms. The van der Waals surface area contributed by atoms with Crippen molar-refractivity contribution in [3.8, 4) is 17.6 Å². The molecular weight excluding hydrogens is 424 g/mol. The van der Waals surface area contributed by atoms with E-state index in [-0.39, 0.29) is 11.9 Å². The molecule has 0 aliphatic carbocycles. The summed E-state index contributed by atoms with van der Waals surface area (Å²) in [5.41, 5.74) is 5.05. The predicted molar refractivity (Wildman–Crippen MR) is 132 cm³/mol. The van der Waals surface area contributed by atoms with Crippen molar-refractivity contribution < 1.29 is 9.53 Å². The Morgan fingerprint density at radius 3 is 2.62 bits per heavy atom. The standard InChI is InChI=1S/C28H26N4O2/c1-18-8-10-25-23(13-18)27(30-24-9-7-19(2)14-26(24)34-25)31-11-12-32(20(3)17-31)28(33)22-6-4-5-21(15-22)16-29/h4-10,13-15,20H,11-12,17H2,1-3H3/t20-/m1/s1. The first-order chi connectivity index (χ1) is 16.4. The lowest BCUT2D eigenvalue weighted by Gasteiger charge is -2.41. The summed E-state index contributed by atoms with van der Waals surface area (Å²) in [5, 5.41) is 9.19. The number of piperazine rings is 1. The van der Waals surface area contributed by atoms with Crippen LogP contribution in [0.1, 0.15) is 39.5 Å². The molecule has 170 valence electrons. The van der Waals surface area contributed by atoms with E-state index in [2.05, 4.69) is 30.9 Å². The lowest BCUT2D eigenvalue weighted by molar-refractivity contribution is 0.0581. The van der Waals surface area contributed by atoms with Crippen LogP contribution in [0.15, 0.2) is 65.7 Å². The van der Waals surface area contributed by atoms with Crippen LogP contribution in [0.4, 0.5) is 5.69 Å². The molecule has 1 fully saturated rings. The third kappa shape index (κ3) is 4.01. The van der Waals surface area contributed by atoms with Gasteiger partial charge in [0.05, 0.1) is 17.2 Å². The van der Waals surface area contributed by atoms with Gasteiger partial charge >= 0.3 is 0 Å². The van der Waals surface area contributed by atoms with Gasteiger partial charge in [0.15, 0.2) is 5.75 Å². The molecule has 6 nitrogen and oxygen atoms in total. The van der Waals surface area contributed by atoms with Crippen LogP contribution < -0.4 is 4.74 Å². The van der Waals surface area contributed by atoms with Crippen molar-refractivity contribution in [2.45, 2.75) is 26.8 Å². The van der Waals surface area contributed by atoms with Gasteiger partial charge in [-0.15, -0.1) is 0 Å². The Kier molecular flexibility index (Phi) is 5.54. The third-order valence-electron chi connectivity index (χ3n) is 6.36. The van der Waals surface area contributed by atoms with E-state index in [1.54, 1.807) is 24.3 Å². The summed E-state index contributed by atoms with van der Waals surface area (Å²) in [6, 6.07) is 21.2. The summed E-state index contributed by atoms with van der Waals surface area (Å²) in [6.45, 7) is 8.03. The zero-order chi connectivity index (χ0) is 23.8. The van der Waals surface area contributed by atoms with Crippen LogP contribution in [0.3, 0.4) is 0 Å². The number of hydrogen-bond donors (Lipinski definition) is 0. The first-order valence-corrected chi connectivity index (χ1v) is 11.5. The highest BCUT2D eigenvalue weighted by Crippen LogP contribution is 2.39. The Morgan fingerprint density at radius 1 is 1.03 bits per heavy atom. The van der Waals surface area contributed by atoms with Crippen molar-refractivity contribution in [2.75, 3.05) is 19.6 Å². The Bertz CT molecular complexity index is 1350. The average molecular weight is 451 g/mol. The van der Waals surface area contributed by atoms with Gasteiger partial charge in [-0.2, -0.15) is 5.26 Å². The fourth-order valence-corrected chi connectivity index (χ4v) is 4.58. The van der Waals surface area contributed by atoms with Gasteiger partial charge in [-0.3, -0.25) is 4.79 Å². The normalized spacial score (nSPS) is 17.0. The van der Waals surface area contributed by atoms with Gasteiger partial charge in [-0.05, 0) is 68.8 Å². The number of nitrogens with zero attached hydrogens (tertiary/aromatic N) is 4. The summed E-state index contributed by atoms with van der Waals surface area (Å²) >= 11 is 0. The van der Waals surface area contributed by atoms with Crippen LogP contribution in [-0.2, 0) is 0 Å². The molecule has 1 amide bonds. The predicted octanol–water partition coefficient (Wildman–Crippen LogP) is 5.21. The van der Waals surface area contributed by atoms with Crippen LogP contribution in [0.2, 0.25) is 0 Å². The number of ether oxygens (including phenoxy) is 1. The van der Waals surface area contributed by atoms with E-state index in [0.717, 1.165) is 39.7 Å². The van der Waals surface area contributed by atoms with Crippen molar-refractivity contribution >= 4 is 17.4 Å². The Hall–Kier alpha value is -4.11. The number of carbonyl (C=O) groups excluding carboxylic acids is 1. The molecule has 3 aromatic rings. The smallest absolute Gasteiger partial charge is 0.254 e. The van der Waals surface area contributed by atoms with E-state index in [4.69, 9.17) is 9.73 Å². The molecule has 0 unspecified atom stereocenters. The van der Waals surface area contributed by atoms with Crippen molar-refractivity contribution in [1.82, 2.24) is 9.80 Å².